The molecule has 3 nitrogen and oxygen atoms in total. The van der Waals surface area contributed by atoms with Gasteiger partial charge in [-0.2, -0.15) is 0 Å². The molecule has 0 atom stereocenters. The van der Waals surface area contributed by atoms with Gasteiger partial charge in [-0.3, -0.25) is 4.79 Å². The lowest BCUT2D eigenvalue weighted by molar-refractivity contribution is -0.111. The van der Waals surface area contributed by atoms with Crippen molar-refractivity contribution in [2.45, 2.75) is 13.5 Å². The minimum Gasteiger partial charge on any atom is -0.392 e. The van der Waals surface area contributed by atoms with Crippen molar-refractivity contribution in [2.75, 3.05) is 5.32 Å². The molecule has 0 radical (unpaired) electrons. The van der Waals surface area contributed by atoms with Gasteiger partial charge in [0.05, 0.1) is 6.61 Å². The van der Waals surface area contributed by atoms with Crippen LogP contribution in [0.2, 0.25) is 0 Å². The molecule has 2 aromatic carbocycles. The first kappa shape index (κ1) is 14.0. The summed E-state index contributed by atoms with van der Waals surface area (Å²) >= 11 is 0. The maximum absolute atomic E-state index is 11.8. The minimum atomic E-state index is -0.178. The molecule has 0 unspecified atom stereocenters. The molecule has 2 N–H and O–H groups in total. The second-order valence-electron chi connectivity index (χ2n) is 4.59. The molecule has 0 heterocycles. The van der Waals surface area contributed by atoms with Crippen LogP contribution < -0.4 is 5.32 Å². The fourth-order valence-corrected chi connectivity index (χ4v) is 1.82. The summed E-state index contributed by atoms with van der Waals surface area (Å²) in [4.78, 5) is 11.8. The zero-order valence-corrected chi connectivity index (χ0v) is 11.3. The molecule has 0 saturated heterocycles. The third kappa shape index (κ3) is 4.07. The van der Waals surface area contributed by atoms with Gasteiger partial charge in [-0.05, 0) is 36.3 Å². The molecule has 2 aromatic rings. The topological polar surface area (TPSA) is 49.3 Å². The third-order valence-electron chi connectivity index (χ3n) is 2.87. The Kier molecular flexibility index (Phi) is 4.69. The highest BCUT2D eigenvalue weighted by atomic mass is 16.3. The number of hydrogen-bond acceptors (Lipinski definition) is 2. The Morgan fingerprint density at radius 3 is 2.60 bits per heavy atom. The molecule has 0 spiro atoms. The van der Waals surface area contributed by atoms with Crippen molar-refractivity contribution < 1.29 is 9.90 Å². The van der Waals surface area contributed by atoms with E-state index in [9.17, 15) is 4.79 Å². The molecule has 0 aliphatic rings. The van der Waals surface area contributed by atoms with Crippen LogP contribution in [0, 0.1) is 6.92 Å². The van der Waals surface area contributed by atoms with E-state index in [2.05, 4.69) is 5.32 Å². The first-order valence-corrected chi connectivity index (χ1v) is 6.43. The average Bonchev–Trinajstić information content (AvgIpc) is 2.46. The highest BCUT2D eigenvalue weighted by Crippen LogP contribution is 2.10. The summed E-state index contributed by atoms with van der Waals surface area (Å²) in [5.41, 5.74) is 3.68. The van der Waals surface area contributed by atoms with E-state index in [1.165, 1.54) is 6.08 Å². The quantitative estimate of drug-likeness (QED) is 0.836. The van der Waals surface area contributed by atoms with Crippen LogP contribution >= 0.6 is 0 Å². The van der Waals surface area contributed by atoms with Gasteiger partial charge in [0.15, 0.2) is 0 Å². The normalized spacial score (nSPS) is 10.7. The van der Waals surface area contributed by atoms with E-state index < -0.39 is 0 Å². The number of aryl methyl sites for hydroxylation is 1. The Bertz CT molecular complexity index is 615. The number of carbonyl (C=O) groups excluding carboxylic acids is 1. The molecule has 102 valence electrons. The summed E-state index contributed by atoms with van der Waals surface area (Å²) in [6.45, 7) is 2.02. The highest BCUT2D eigenvalue weighted by molar-refractivity contribution is 6.01. The first-order valence-electron chi connectivity index (χ1n) is 6.43. The van der Waals surface area contributed by atoms with Crippen LogP contribution in [0.4, 0.5) is 5.69 Å². The molecule has 0 fully saturated rings. The monoisotopic (exact) mass is 267 g/mol. The maximum atomic E-state index is 11.8. The van der Waals surface area contributed by atoms with Crippen molar-refractivity contribution in [3.8, 4) is 0 Å². The van der Waals surface area contributed by atoms with Gasteiger partial charge in [0, 0.05) is 11.8 Å². The Hall–Kier alpha value is -2.39. The largest absolute Gasteiger partial charge is 0.392 e. The SMILES string of the molecule is Cc1cccc(C=CC(=O)Nc2ccc(CO)cc2)c1. The standard InChI is InChI=1S/C17H17NO2/c1-13-3-2-4-14(11-13)7-10-17(20)18-16-8-5-15(12-19)6-9-16/h2-11,19H,12H2,1H3,(H,18,20). The number of aliphatic hydroxyl groups is 1. The summed E-state index contributed by atoms with van der Waals surface area (Å²) in [5, 5.41) is 11.7. The van der Waals surface area contributed by atoms with Crippen LogP contribution in [-0.2, 0) is 11.4 Å². The second kappa shape index (κ2) is 6.68. The van der Waals surface area contributed by atoms with Crippen molar-refractivity contribution in [3.05, 3.63) is 71.3 Å². The molecular formula is C17H17NO2. The van der Waals surface area contributed by atoms with E-state index in [0.29, 0.717) is 5.69 Å². The van der Waals surface area contributed by atoms with Crippen molar-refractivity contribution in [1.82, 2.24) is 0 Å². The van der Waals surface area contributed by atoms with Gasteiger partial charge in [0.1, 0.15) is 0 Å². The van der Waals surface area contributed by atoms with E-state index >= 15 is 0 Å². The van der Waals surface area contributed by atoms with Gasteiger partial charge in [0.25, 0.3) is 0 Å². The highest BCUT2D eigenvalue weighted by Gasteiger charge is 1.98. The number of benzene rings is 2. The molecule has 2 rings (SSSR count). The van der Waals surface area contributed by atoms with Gasteiger partial charge < -0.3 is 10.4 Å². The smallest absolute Gasteiger partial charge is 0.248 e. The number of carbonyl (C=O) groups is 1. The van der Waals surface area contributed by atoms with Crippen LogP contribution in [0.5, 0.6) is 0 Å². The van der Waals surface area contributed by atoms with E-state index in [4.69, 9.17) is 5.11 Å². The summed E-state index contributed by atoms with van der Waals surface area (Å²) < 4.78 is 0. The van der Waals surface area contributed by atoms with Gasteiger partial charge in [0.2, 0.25) is 5.91 Å². The number of hydrogen-bond donors (Lipinski definition) is 2. The third-order valence-corrected chi connectivity index (χ3v) is 2.87. The molecule has 0 aliphatic carbocycles. The van der Waals surface area contributed by atoms with Crippen LogP contribution in [0.25, 0.3) is 6.08 Å². The Morgan fingerprint density at radius 1 is 1.20 bits per heavy atom. The summed E-state index contributed by atoms with van der Waals surface area (Å²) in [6, 6.07) is 15.0. The molecule has 20 heavy (non-hydrogen) atoms. The number of anilines is 1. The second-order valence-corrected chi connectivity index (χ2v) is 4.59. The molecule has 3 heteroatoms. The Balaban J connectivity index is 1.98. The van der Waals surface area contributed by atoms with Crippen molar-refractivity contribution in [2.24, 2.45) is 0 Å². The predicted molar refractivity (Wildman–Crippen MR) is 81.2 cm³/mol. The number of amides is 1. The minimum absolute atomic E-state index is 0.00148. The van der Waals surface area contributed by atoms with Gasteiger partial charge in [-0.25, -0.2) is 0 Å². The van der Waals surface area contributed by atoms with Crippen molar-refractivity contribution in [3.63, 3.8) is 0 Å². The average molecular weight is 267 g/mol. The number of rotatable bonds is 4. The Morgan fingerprint density at radius 2 is 1.95 bits per heavy atom. The van der Waals surface area contributed by atoms with Crippen LogP contribution in [0.3, 0.4) is 0 Å². The van der Waals surface area contributed by atoms with E-state index in [-0.39, 0.29) is 12.5 Å². The lowest BCUT2D eigenvalue weighted by Gasteiger charge is -2.03. The van der Waals surface area contributed by atoms with E-state index in [1.807, 2.05) is 31.2 Å². The maximum Gasteiger partial charge on any atom is 0.248 e. The predicted octanol–water partition coefficient (Wildman–Crippen LogP) is 3.14. The lowest BCUT2D eigenvalue weighted by Crippen LogP contribution is -2.07. The first-order chi connectivity index (χ1) is 9.67. The molecule has 0 aliphatic heterocycles. The van der Waals surface area contributed by atoms with Gasteiger partial charge in [-0.15, -0.1) is 0 Å². The number of nitrogens with one attached hydrogen (secondary N) is 1. The molecule has 0 aromatic heterocycles. The van der Waals surface area contributed by atoms with Crippen molar-refractivity contribution in [1.29, 1.82) is 0 Å². The summed E-state index contributed by atoms with van der Waals surface area (Å²) in [6.07, 6.45) is 3.29. The number of aliphatic hydroxyl groups excluding tert-OH is 1. The van der Waals surface area contributed by atoms with E-state index in [0.717, 1.165) is 16.7 Å². The molecule has 0 bridgehead atoms. The summed E-state index contributed by atoms with van der Waals surface area (Å²) in [7, 11) is 0. The fourth-order valence-electron chi connectivity index (χ4n) is 1.82. The van der Waals surface area contributed by atoms with Gasteiger partial charge in [-0.1, -0.05) is 42.0 Å². The Labute approximate surface area is 118 Å². The molecule has 1 amide bonds. The zero-order valence-electron chi connectivity index (χ0n) is 11.3. The zero-order chi connectivity index (χ0) is 14.4. The van der Waals surface area contributed by atoms with Crippen LogP contribution in [-0.4, -0.2) is 11.0 Å². The molecular weight excluding hydrogens is 250 g/mol. The summed E-state index contributed by atoms with van der Waals surface area (Å²) in [5.74, 6) is -0.178. The van der Waals surface area contributed by atoms with Crippen molar-refractivity contribution >= 4 is 17.7 Å². The van der Waals surface area contributed by atoms with Crippen LogP contribution in [0.15, 0.2) is 54.6 Å². The molecule has 0 saturated carbocycles. The van der Waals surface area contributed by atoms with Crippen LogP contribution in [0.1, 0.15) is 16.7 Å². The lowest BCUT2D eigenvalue weighted by atomic mass is 10.1. The fraction of sp³-hybridized carbons (Fsp3) is 0.118. The van der Waals surface area contributed by atoms with Gasteiger partial charge >= 0.3 is 0 Å². The van der Waals surface area contributed by atoms with E-state index in [1.54, 1.807) is 30.3 Å².